The number of halogens is 1. The Balaban J connectivity index is 3.08. The molecule has 1 aromatic rings. The van der Waals surface area contributed by atoms with Crippen LogP contribution in [0.15, 0.2) is 4.63 Å². The first kappa shape index (κ1) is 9.16. The first-order valence-electron chi connectivity index (χ1n) is 3.94. The van der Waals surface area contributed by atoms with E-state index in [-0.39, 0.29) is 5.92 Å². The maximum Gasteiger partial charge on any atom is 0.152 e. The second-order valence-electron chi connectivity index (χ2n) is 3.63. The van der Waals surface area contributed by atoms with Crippen LogP contribution in [0.25, 0.3) is 0 Å². The van der Waals surface area contributed by atoms with Crippen LogP contribution in [0.3, 0.4) is 0 Å². The van der Waals surface area contributed by atoms with Crippen LogP contribution in [0.5, 0.6) is 0 Å². The molecule has 1 heterocycles. The van der Waals surface area contributed by atoms with Crippen LogP contribution in [0.4, 0.5) is 4.39 Å². The third-order valence-corrected chi connectivity index (χ3v) is 1.62. The second-order valence-corrected chi connectivity index (χ2v) is 3.63. The van der Waals surface area contributed by atoms with Gasteiger partial charge in [0.25, 0.3) is 0 Å². The van der Waals surface area contributed by atoms with Crippen LogP contribution >= 0.6 is 0 Å². The quantitative estimate of drug-likeness (QED) is 0.687. The minimum atomic E-state index is -1.47. The summed E-state index contributed by atoms with van der Waals surface area (Å²) in [4.78, 5) is 0. The lowest BCUT2D eigenvalue weighted by Gasteiger charge is -2.11. The minimum Gasteiger partial charge on any atom is -0.244 e. The topological polar surface area (TPSA) is 38.9 Å². The standard InChI is InChI=1S/C8H13FN2O/c1-5(2)6-7(8(3,4)9)11-12-10-6/h5H,1-4H3. The van der Waals surface area contributed by atoms with Crippen molar-refractivity contribution in [2.75, 3.05) is 0 Å². The van der Waals surface area contributed by atoms with Gasteiger partial charge in [-0.2, -0.15) is 0 Å². The van der Waals surface area contributed by atoms with Gasteiger partial charge in [0.1, 0.15) is 11.4 Å². The number of hydrogen-bond acceptors (Lipinski definition) is 3. The molecule has 0 aliphatic rings. The molecule has 0 bridgehead atoms. The summed E-state index contributed by atoms with van der Waals surface area (Å²) < 4.78 is 17.9. The van der Waals surface area contributed by atoms with Crippen LogP contribution < -0.4 is 0 Å². The Kier molecular flexibility index (Phi) is 2.17. The average molecular weight is 172 g/mol. The molecule has 12 heavy (non-hydrogen) atoms. The molecule has 68 valence electrons. The fourth-order valence-electron chi connectivity index (χ4n) is 0.987. The maximum atomic E-state index is 13.4. The van der Waals surface area contributed by atoms with Gasteiger partial charge in [-0.1, -0.05) is 24.2 Å². The summed E-state index contributed by atoms with van der Waals surface area (Å²) in [5, 5.41) is 7.20. The van der Waals surface area contributed by atoms with E-state index in [1.54, 1.807) is 0 Å². The number of alkyl halides is 1. The van der Waals surface area contributed by atoms with E-state index in [0.29, 0.717) is 11.4 Å². The summed E-state index contributed by atoms with van der Waals surface area (Å²) in [6.45, 7) is 6.74. The van der Waals surface area contributed by atoms with Gasteiger partial charge in [0.05, 0.1) is 0 Å². The van der Waals surface area contributed by atoms with Crippen LogP contribution in [0, 0.1) is 0 Å². The van der Waals surface area contributed by atoms with E-state index in [4.69, 9.17) is 0 Å². The summed E-state index contributed by atoms with van der Waals surface area (Å²) in [6, 6.07) is 0. The Morgan fingerprint density at radius 3 is 2.25 bits per heavy atom. The van der Waals surface area contributed by atoms with E-state index >= 15 is 0 Å². The lowest BCUT2D eigenvalue weighted by atomic mass is 9.99. The molecule has 0 aliphatic carbocycles. The summed E-state index contributed by atoms with van der Waals surface area (Å²) >= 11 is 0. The Labute approximate surface area is 70.9 Å². The third kappa shape index (κ3) is 1.62. The molecular formula is C8H13FN2O. The first-order chi connectivity index (χ1) is 5.43. The van der Waals surface area contributed by atoms with E-state index in [2.05, 4.69) is 14.9 Å². The van der Waals surface area contributed by atoms with Crippen molar-refractivity contribution in [2.45, 2.75) is 39.3 Å². The van der Waals surface area contributed by atoms with Gasteiger partial charge < -0.3 is 0 Å². The number of aromatic nitrogens is 2. The van der Waals surface area contributed by atoms with Crippen molar-refractivity contribution in [3.63, 3.8) is 0 Å². The van der Waals surface area contributed by atoms with Gasteiger partial charge in [0.2, 0.25) is 0 Å². The van der Waals surface area contributed by atoms with Crippen molar-refractivity contribution in [3.8, 4) is 0 Å². The molecule has 0 saturated carbocycles. The molecule has 1 rings (SSSR count). The molecule has 0 N–H and O–H groups in total. The highest BCUT2D eigenvalue weighted by molar-refractivity contribution is 5.17. The maximum absolute atomic E-state index is 13.4. The summed E-state index contributed by atoms with van der Waals surface area (Å²) in [6.07, 6.45) is 0. The highest BCUT2D eigenvalue weighted by Gasteiger charge is 2.29. The second kappa shape index (κ2) is 2.84. The zero-order valence-corrected chi connectivity index (χ0v) is 7.76. The van der Waals surface area contributed by atoms with Crippen molar-refractivity contribution in [1.82, 2.24) is 10.3 Å². The Bertz CT molecular complexity index is 262. The largest absolute Gasteiger partial charge is 0.244 e. The third-order valence-electron chi connectivity index (χ3n) is 1.62. The Morgan fingerprint density at radius 1 is 1.33 bits per heavy atom. The molecule has 0 atom stereocenters. The van der Waals surface area contributed by atoms with Crippen LogP contribution in [-0.2, 0) is 5.67 Å². The summed E-state index contributed by atoms with van der Waals surface area (Å²) in [7, 11) is 0. The predicted octanol–water partition coefficient (Wildman–Crippen LogP) is 2.40. The van der Waals surface area contributed by atoms with Gasteiger partial charge in [-0.3, -0.25) is 0 Å². The minimum absolute atomic E-state index is 0.140. The smallest absolute Gasteiger partial charge is 0.152 e. The molecule has 0 aliphatic heterocycles. The van der Waals surface area contributed by atoms with Crippen LogP contribution in [0.2, 0.25) is 0 Å². The normalized spacial score (nSPS) is 12.5. The van der Waals surface area contributed by atoms with Crippen molar-refractivity contribution in [3.05, 3.63) is 11.4 Å². The number of nitrogens with zero attached hydrogens (tertiary/aromatic N) is 2. The monoisotopic (exact) mass is 172 g/mol. The SMILES string of the molecule is CC(C)c1nonc1C(C)(C)F. The van der Waals surface area contributed by atoms with E-state index in [0.717, 1.165) is 0 Å². The van der Waals surface area contributed by atoms with Gasteiger partial charge in [0, 0.05) is 5.92 Å². The molecule has 0 aromatic carbocycles. The molecule has 0 amide bonds. The van der Waals surface area contributed by atoms with Crippen LogP contribution in [-0.4, -0.2) is 10.3 Å². The highest BCUT2D eigenvalue weighted by Crippen LogP contribution is 2.28. The highest BCUT2D eigenvalue weighted by atomic mass is 19.1. The number of hydrogen-bond donors (Lipinski definition) is 0. The summed E-state index contributed by atoms with van der Waals surface area (Å²) in [5.41, 5.74) is -0.570. The lowest BCUT2D eigenvalue weighted by molar-refractivity contribution is 0.198. The van der Waals surface area contributed by atoms with Gasteiger partial charge >= 0.3 is 0 Å². The van der Waals surface area contributed by atoms with Gasteiger partial charge in [0.15, 0.2) is 5.67 Å². The van der Waals surface area contributed by atoms with E-state index in [9.17, 15) is 4.39 Å². The fraction of sp³-hybridized carbons (Fsp3) is 0.750. The molecule has 0 fully saturated rings. The molecule has 0 radical (unpaired) electrons. The van der Waals surface area contributed by atoms with E-state index in [1.165, 1.54) is 13.8 Å². The van der Waals surface area contributed by atoms with Gasteiger partial charge in [-0.05, 0) is 13.8 Å². The number of rotatable bonds is 2. The van der Waals surface area contributed by atoms with Crippen molar-refractivity contribution in [2.24, 2.45) is 0 Å². The van der Waals surface area contributed by atoms with E-state index in [1.807, 2.05) is 13.8 Å². The molecule has 0 spiro atoms. The average Bonchev–Trinajstić information content (AvgIpc) is 2.30. The Hall–Kier alpha value is -0.930. The van der Waals surface area contributed by atoms with Gasteiger partial charge in [-0.15, -0.1) is 0 Å². The first-order valence-corrected chi connectivity index (χ1v) is 3.94. The van der Waals surface area contributed by atoms with Crippen LogP contribution in [0.1, 0.15) is 45.0 Å². The lowest BCUT2D eigenvalue weighted by Crippen LogP contribution is -2.13. The summed E-state index contributed by atoms with van der Waals surface area (Å²) in [5.74, 6) is 0.140. The molecule has 0 saturated heterocycles. The predicted molar refractivity (Wildman–Crippen MR) is 42.5 cm³/mol. The molecule has 4 heteroatoms. The van der Waals surface area contributed by atoms with Crippen molar-refractivity contribution >= 4 is 0 Å². The Morgan fingerprint density at radius 2 is 1.92 bits per heavy atom. The van der Waals surface area contributed by atoms with Crippen molar-refractivity contribution in [1.29, 1.82) is 0 Å². The zero-order valence-electron chi connectivity index (χ0n) is 7.76. The van der Waals surface area contributed by atoms with E-state index < -0.39 is 5.67 Å². The van der Waals surface area contributed by atoms with Crippen molar-refractivity contribution < 1.29 is 9.02 Å². The molecule has 0 unspecified atom stereocenters. The molecule has 1 aromatic heterocycles. The fourth-order valence-corrected chi connectivity index (χ4v) is 0.987. The zero-order chi connectivity index (χ0) is 9.35. The van der Waals surface area contributed by atoms with Gasteiger partial charge in [-0.25, -0.2) is 9.02 Å². The molecular weight excluding hydrogens is 159 g/mol. The molecule has 3 nitrogen and oxygen atoms in total.